The Bertz CT molecular complexity index is 644. The number of aryl methyl sites for hydroxylation is 1. The van der Waals surface area contributed by atoms with E-state index in [0.717, 1.165) is 0 Å². The molecule has 0 saturated carbocycles. The first-order valence-electron chi connectivity index (χ1n) is 5.78. The summed E-state index contributed by atoms with van der Waals surface area (Å²) in [6, 6.07) is 0. The summed E-state index contributed by atoms with van der Waals surface area (Å²) in [4.78, 5) is 4.00. The minimum atomic E-state index is -3.84. The van der Waals surface area contributed by atoms with Gasteiger partial charge in [0.05, 0.1) is 5.75 Å². The van der Waals surface area contributed by atoms with Crippen molar-refractivity contribution >= 4 is 19.9 Å². The van der Waals surface area contributed by atoms with Crippen LogP contribution in [0, 0.1) is 0 Å². The normalized spacial score (nSPS) is 13.1. The van der Waals surface area contributed by atoms with Crippen molar-refractivity contribution in [3.8, 4) is 0 Å². The molecule has 0 aliphatic carbocycles. The van der Waals surface area contributed by atoms with E-state index >= 15 is 0 Å². The van der Waals surface area contributed by atoms with Crippen LogP contribution in [0.2, 0.25) is 0 Å². The molecule has 0 spiro atoms. The highest BCUT2D eigenvalue weighted by Gasteiger charge is 2.18. The van der Waals surface area contributed by atoms with Gasteiger partial charge in [-0.05, 0) is 6.42 Å². The molecule has 110 valence electrons. The molecule has 2 N–H and O–H groups in total. The first-order chi connectivity index (χ1) is 8.50. The molecule has 0 amide bonds. The van der Waals surface area contributed by atoms with Crippen molar-refractivity contribution < 1.29 is 16.8 Å². The number of sulfonamides is 1. The topological polar surface area (TPSA) is 112 Å². The fourth-order valence-corrected chi connectivity index (χ4v) is 2.83. The van der Waals surface area contributed by atoms with Crippen molar-refractivity contribution in [2.24, 2.45) is 5.14 Å². The van der Waals surface area contributed by atoms with Crippen molar-refractivity contribution in [2.75, 3.05) is 12.0 Å². The molecule has 1 aromatic heterocycles. The van der Waals surface area contributed by atoms with Crippen LogP contribution in [-0.4, -0.2) is 38.4 Å². The second-order valence-electron chi connectivity index (χ2n) is 4.81. The Balaban J connectivity index is 2.96. The number of primary sulfonamides is 1. The van der Waals surface area contributed by atoms with Crippen molar-refractivity contribution in [1.29, 1.82) is 0 Å². The fourth-order valence-electron chi connectivity index (χ4n) is 1.68. The molecule has 0 aliphatic heterocycles. The summed E-state index contributed by atoms with van der Waals surface area (Å²) in [6.07, 6.45) is 2.92. The second-order valence-corrected chi connectivity index (χ2v) is 8.58. The summed E-state index contributed by atoms with van der Waals surface area (Å²) in [7, 11) is -6.87. The molecule has 0 unspecified atom stereocenters. The van der Waals surface area contributed by atoms with Crippen LogP contribution in [0.3, 0.4) is 0 Å². The predicted octanol–water partition coefficient (Wildman–Crippen LogP) is 0.0886. The molecular formula is C10H19N3O4S2. The molecule has 7 nitrogen and oxygen atoms in total. The molecule has 1 rings (SSSR count). The van der Waals surface area contributed by atoms with E-state index < -0.39 is 19.9 Å². The number of rotatable bonds is 6. The Morgan fingerprint density at radius 2 is 1.89 bits per heavy atom. The summed E-state index contributed by atoms with van der Waals surface area (Å²) in [5.41, 5.74) is 0. The number of aromatic nitrogens is 2. The lowest BCUT2D eigenvalue weighted by molar-refractivity contribution is 0.581. The predicted molar refractivity (Wildman–Crippen MR) is 72.0 cm³/mol. The zero-order valence-corrected chi connectivity index (χ0v) is 12.8. The fraction of sp³-hybridized carbons (Fsp3) is 0.700. The van der Waals surface area contributed by atoms with Gasteiger partial charge in [0.1, 0.15) is 15.7 Å². The lowest BCUT2D eigenvalue weighted by Crippen LogP contribution is -2.12. The molecule has 19 heavy (non-hydrogen) atoms. The van der Waals surface area contributed by atoms with Gasteiger partial charge in [-0.1, -0.05) is 13.8 Å². The molecule has 0 saturated heterocycles. The Hall–Kier alpha value is -0.930. The van der Waals surface area contributed by atoms with Crippen LogP contribution in [0.25, 0.3) is 0 Å². The molecular weight excluding hydrogens is 290 g/mol. The van der Waals surface area contributed by atoms with Gasteiger partial charge in [-0.3, -0.25) is 0 Å². The van der Waals surface area contributed by atoms with Crippen molar-refractivity contribution in [1.82, 2.24) is 9.55 Å². The van der Waals surface area contributed by atoms with Gasteiger partial charge in [0.2, 0.25) is 0 Å². The average molecular weight is 309 g/mol. The van der Waals surface area contributed by atoms with Crippen molar-refractivity contribution in [3.63, 3.8) is 0 Å². The maximum Gasteiger partial charge on any atom is 0.257 e. The first kappa shape index (κ1) is 16.1. The van der Waals surface area contributed by atoms with Gasteiger partial charge >= 0.3 is 0 Å². The molecule has 0 aromatic carbocycles. The maximum absolute atomic E-state index is 11.3. The van der Waals surface area contributed by atoms with E-state index in [-0.39, 0.29) is 16.7 Å². The maximum atomic E-state index is 11.3. The van der Waals surface area contributed by atoms with E-state index in [1.54, 1.807) is 4.57 Å². The lowest BCUT2D eigenvalue weighted by atomic mass is 10.2. The lowest BCUT2D eigenvalue weighted by Gasteiger charge is -2.09. The number of nitrogens with zero attached hydrogens (tertiary/aromatic N) is 2. The largest absolute Gasteiger partial charge is 0.333 e. The van der Waals surface area contributed by atoms with Crippen LogP contribution in [0.5, 0.6) is 0 Å². The third kappa shape index (κ3) is 4.92. The number of hydrogen-bond donors (Lipinski definition) is 1. The van der Waals surface area contributed by atoms with Gasteiger partial charge in [-0.2, -0.15) is 0 Å². The van der Waals surface area contributed by atoms with E-state index in [1.807, 2.05) is 13.8 Å². The Labute approximate surface area is 113 Å². The molecule has 0 aliphatic rings. The zero-order chi connectivity index (χ0) is 14.8. The van der Waals surface area contributed by atoms with E-state index in [4.69, 9.17) is 5.14 Å². The second kappa shape index (κ2) is 5.59. The summed E-state index contributed by atoms with van der Waals surface area (Å²) in [5, 5.41) is 4.85. The molecule has 9 heteroatoms. The van der Waals surface area contributed by atoms with Gasteiger partial charge in [0.15, 0.2) is 5.03 Å². The quantitative estimate of drug-likeness (QED) is 0.800. The Kier molecular flexibility index (Phi) is 4.75. The van der Waals surface area contributed by atoms with Crippen LogP contribution in [-0.2, 0) is 26.4 Å². The van der Waals surface area contributed by atoms with Crippen LogP contribution >= 0.6 is 0 Å². The zero-order valence-electron chi connectivity index (χ0n) is 11.2. The Morgan fingerprint density at radius 1 is 1.32 bits per heavy atom. The monoisotopic (exact) mass is 309 g/mol. The third-order valence-electron chi connectivity index (χ3n) is 2.51. The molecule has 1 heterocycles. The molecule has 0 radical (unpaired) electrons. The van der Waals surface area contributed by atoms with Gasteiger partial charge < -0.3 is 4.57 Å². The highest BCUT2D eigenvalue weighted by atomic mass is 32.2. The minimum Gasteiger partial charge on any atom is -0.333 e. The van der Waals surface area contributed by atoms with Gasteiger partial charge in [-0.15, -0.1) is 0 Å². The number of nitrogens with two attached hydrogens (primary N) is 1. The van der Waals surface area contributed by atoms with E-state index in [9.17, 15) is 16.8 Å². The summed E-state index contributed by atoms with van der Waals surface area (Å²) in [6.45, 7) is 4.15. The summed E-state index contributed by atoms with van der Waals surface area (Å²) >= 11 is 0. The van der Waals surface area contributed by atoms with Crippen molar-refractivity contribution in [3.05, 3.63) is 12.0 Å². The van der Waals surface area contributed by atoms with Crippen LogP contribution in [0.15, 0.2) is 11.2 Å². The van der Waals surface area contributed by atoms with E-state index in [2.05, 4.69) is 4.98 Å². The van der Waals surface area contributed by atoms with Gasteiger partial charge in [-0.25, -0.2) is 27.0 Å². The summed E-state index contributed by atoms with van der Waals surface area (Å²) in [5.74, 6) is 0.652. The van der Waals surface area contributed by atoms with Gasteiger partial charge in [0, 0.05) is 24.9 Å². The highest BCUT2D eigenvalue weighted by Crippen LogP contribution is 2.17. The number of sulfone groups is 1. The highest BCUT2D eigenvalue weighted by molar-refractivity contribution is 7.90. The van der Waals surface area contributed by atoms with E-state index in [0.29, 0.717) is 18.8 Å². The standard InChI is InChI=1S/C10H19N3O4S2/c1-8(2)10-12-9(19(11,16)17)7-13(10)5-4-6-18(3,14)15/h7-8H,4-6H2,1-3H3,(H2,11,16,17). The van der Waals surface area contributed by atoms with Crippen LogP contribution in [0.4, 0.5) is 0 Å². The Morgan fingerprint density at radius 3 is 2.32 bits per heavy atom. The van der Waals surface area contributed by atoms with E-state index in [1.165, 1.54) is 12.5 Å². The summed E-state index contributed by atoms with van der Waals surface area (Å²) < 4.78 is 46.3. The van der Waals surface area contributed by atoms with Crippen molar-refractivity contribution in [2.45, 2.75) is 37.8 Å². The van der Waals surface area contributed by atoms with Crippen LogP contribution in [0.1, 0.15) is 32.0 Å². The van der Waals surface area contributed by atoms with Crippen LogP contribution < -0.4 is 5.14 Å². The molecule has 0 atom stereocenters. The smallest absolute Gasteiger partial charge is 0.257 e. The minimum absolute atomic E-state index is 0.0220. The average Bonchev–Trinajstić information content (AvgIpc) is 2.59. The third-order valence-corrected chi connectivity index (χ3v) is 4.32. The molecule has 0 fully saturated rings. The molecule has 0 bridgehead atoms. The number of hydrogen-bond acceptors (Lipinski definition) is 5. The van der Waals surface area contributed by atoms with Gasteiger partial charge in [0.25, 0.3) is 10.0 Å². The SMILES string of the molecule is CC(C)c1nc(S(N)(=O)=O)cn1CCCS(C)(=O)=O. The first-order valence-corrected chi connectivity index (χ1v) is 9.39. The molecule has 1 aromatic rings. The number of imidazole rings is 1.